The molecule has 17 heavy (non-hydrogen) atoms. The van der Waals surface area contributed by atoms with Crippen molar-refractivity contribution in [2.24, 2.45) is 0 Å². The SMILES string of the molecule is C[C@@H]1CN(C(=O)C(C)(C)S(C)(=O)=O)CCN1.Cl. The first-order valence-corrected chi connectivity index (χ1v) is 7.28. The van der Waals surface area contributed by atoms with E-state index in [4.69, 9.17) is 0 Å². The fraction of sp³-hybridized carbons (Fsp3) is 0.900. The Morgan fingerprint density at radius 3 is 2.35 bits per heavy atom. The number of hydrogen-bond acceptors (Lipinski definition) is 4. The molecule has 1 amide bonds. The van der Waals surface area contributed by atoms with Gasteiger partial charge in [-0.25, -0.2) is 8.42 Å². The van der Waals surface area contributed by atoms with Crippen molar-refractivity contribution in [3.05, 3.63) is 0 Å². The summed E-state index contributed by atoms with van der Waals surface area (Å²) in [5.41, 5.74) is 0. The van der Waals surface area contributed by atoms with E-state index < -0.39 is 14.6 Å². The van der Waals surface area contributed by atoms with Gasteiger partial charge >= 0.3 is 0 Å². The molecule has 0 aromatic carbocycles. The van der Waals surface area contributed by atoms with Crippen LogP contribution in [-0.2, 0) is 14.6 Å². The average Bonchev–Trinajstić information content (AvgIpc) is 2.14. The van der Waals surface area contributed by atoms with Crippen LogP contribution in [0.5, 0.6) is 0 Å². The van der Waals surface area contributed by atoms with Gasteiger partial charge in [-0.15, -0.1) is 12.4 Å². The van der Waals surface area contributed by atoms with Gasteiger partial charge in [0.05, 0.1) is 0 Å². The topological polar surface area (TPSA) is 66.5 Å². The second kappa shape index (κ2) is 5.54. The van der Waals surface area contributed by atoms with Gasteiger partial charge < -0.3 is 10.2 Å². The summed E-state index contributed by atoms with van der Waals surface area (Å²) in [7, 11) is -3.38. The zero-order chi connectivity index (χ0) is 12.6. The minimum absolute atomic E-state index is 0. The summed E-state index contributed by atoms with van der Waals surface area (Å²) in [5.74, 6) is -0.302. The summed E-state index contributed by atoms with van der Waals surface area (Å²) in [6.07, 6.45) is 1.11. The molecule has 0 bridgehead atoms. The van der Waals surface area contributed by atoms with Gasteiger partial charge in [-0.05, 0) is 20.8 Å². The Morgan fingerprint density at radius 1 is 1.41 bits per heavy atom. The minimum Gasteiger partial charge on any atom is -0.339 e. The zero-order valence-electron chi connectivity index (χ0n) is 10.7. The molecule has 1 saturated heterocycles. The van der Waals surface area contributed by atoms with Gasteiger partial charge in [-0.1, -0.05) is 0 Å². The predicted octanol–water partition coefficient (Wildman–Crippen LogP) is 0.0517. The number of rotatable bonds is 2. The molecule has 7 heteroatoms. The molecule has 1 atom stereocenters. The van der Waals surface area contributed by atoms with Gasteiger partial charge in [0, 0.05) is 31.9 Å². The lowest BCUT2D eigenvalue weighted by atomic mass is 10.1. The maximum Gasteiger partial charge on any atom is 0.243 e. The molecule has 5 nitrogen and oxygen atoms in total. The van der Waals surface area contributed by atoms with Gasteiger partial charge in [0.1, 0.15) is 4.75 Å². The van der Waals surface area contributed by atoms with Crippen molar-refractivity contribution in [3.63, 3.8) is 0 Å². The van der Waals surface area contributed by atoms with Gasteiger partial charge in [0.15, 0.2) is 9.84 Å². The van der Waals surface area contributed by atoms with Crippen LogP contribution < -0.4 is 5.32 Å². The molecule has 1 fully saturated rings. The molecule has 1 heterocycles. The number of carbonyl (C=O) groups excluding carboxylic acids is 1. The maximum atomic E-state index is 12.1. The molecule has 0 aromatic heterocycles. The molecule has 0 saturated carbocycles. The van der Waals surface area contributed by atoms with E-state index in [1.54, 1.807) is 4.90 Å². The van der Waals surface area contributed by atoms with E-state index in [1.165, 1.54) is 13.8 Å². The van der Waals surface area contributed by atoms with Gasteiger partial charge in [0.25, 0.3) is 0 Å². The summed E-state index contributed by atoms with van der Waals surface area (Å²) in [4.78, 5) is 13.8. The lowest BCUT2D eigenvalue weighted by molar-refractivity contribution is -0.134. The summed E-state index contributed by atoms with van der Waals surface area (Å²) < 4.78 is 21.8. The Balaban J connectivity index is 0.00000256. The van der Waals surface area contributed by atoms with E-state index >= 15 is 0 Å². The van der Waals surface area contributed by atoms with Crippen LogP contribution in [0.4, 0.5) is 0 Å². The Hall–Kier alpha value is -0.330. The van der Waals surface area contributed by atoms with Crippen LogP contribution in [0.2, 0.25) is 0 Å². The minimum atomic E-state index is -3.38. The molecule has 0 aliphatic carbocycles. The zero-order valence-corrected chi connectivity index (χ0v) is 12.3. The number of sulfone groups is 1. The van der Waals surface area contributed by atoms with Crippen molar-refractivity contribution in [2.75, 3.05) is 25.9 Å². The molecule has 0 unspecified atom stereocenters. The number of piperazine rings is 1. The molecule has 1 aliphatic heterocycles. The number of carbonyl (C=O) groups is 1. The fourth-order valence-corrected chi connectivity index (χ4v) is 2.10. The molecular formula is C10H21ClN2O3S. The number of nitrogens with zero attached hydrogens (tertiary/aromatic N) is 1. The molecule has 0 spiro atoms. The molecule has 0 radical (unpaired) electrons. The van der Waals surface area contributed by atoms with E-state index in [9.17, 15) is 13.2 Å². The van der Waals surface area contributed by atoms with Crippen LogP contribution in [0.25, 0.3) is 0 Å². The van der Waals surface area contributed by atoms with Crippen LogP contribution in [0.15, 0.2) is 0 Å². The first-order chi connectivity index (χ1) is 7.16. The third kappa shape index (κ3) is 3.56. The Labute approximate surface area is 109 Å². The highest BCUT2D eigenvalue weighted by atomic mass is 35.5. The van der Waals surface area contributed by atoms with Crippen LogP contribution in [0.1, 0.15) is 20.8 Å². The monoisotopic (exact) mass is 284 g/mol. The largest absolute Gasteiger partial charge is 0.339 e. The number of hydrogen-bond donors (Lipinski definition) is 1. The smallest absolute Gasteiger partial charge is 0.243 e. The van der Waals surface area contributed by atoms with Crippen molar-refractivity contribution in [2.45, 2.75) is 31.6 Å². The standard InChI is InChI=1S/C10H20N2O3S.ClH/c1-8-7-12(6-5-11-8)9(13)10(2,3)16(4,14)15;/h8,11H,5-7H2,1-4H3;1H/t8-;/m1./s1. The molecular weight excluding hydrogens is 264 g/mol. The van der Waals surface area contributed by atoms with E-state index in [2.05, 4.69) is 5.32 Å². The maximum absolute atomic E-state index is 12.1. The van der Waals surface area contributed by atoms with Crippen LogP contribution >= 0.6 is 12.4 Å². The Kier molecular flexibility index (Phi) is 5.43. The van der Waals surface area contributed by atoms with Gasteiger partial charge in [-0.3, -0.25) is 4.79 Å². The third-order valence-electron chi connectivity index (χ3n) is 3.10. The van der Waals surface area contributed by atoms with Gasteiger partial charge in [0.2, 0.25) is 5.91 Å². The van der Waals surface area contributed by atoms with E-state index in [0.717, 1.165) is 6.26 Å². The molecule has 0 aromatic rings. The first kappa shape index (κ1) is 16.7. The lowest BCUT2D eigenvalue weighted by Crippen LogP contribution is -2.57. The highest BCUT2D eigenvalue weighted by Crippen LogP contribution is 2.19. The first-order valence-electron chi connectivity index (χ1n) is 5.38. The summed E-state index contributed by atoms with van der Waals surface area (Å²) in [6, 6.07) is 0.216. The number of amides is 1. The van der Waals surface area contributed by atoms with E-state index in [1.807, 2.05) is 6.92 Å². The molecule has 102 valence electrons. The fourth-order valence-electron chi connectivity index (χ4n) is 1.66. The summed E-state index contributed by atoms with van der Waals surface area (Å²) in [5, 5.41) is 3.21. The second-order valence-corrected chi connectivity index (χ2v) is 7.45. The Morgan fingerprint density at radius 2 is 1.94 bits per heavy atom. The van der Waals surface area contributed by atoms with Crippen molar-refractivity contribution in [3.8, 4) is 0 Å². The highest BCUT2D eigenvalue weighted by Gasteiger charge is 2.41. The van der Waals surface area contributed by atoms with E-state index in [0.29, 0.717) is 19.6 Å². The second-order valence-electron chi connectivity index (χ2n) is 4.89. The number of halogens is 1. The molecule has 1 aliphatic rings. The molecule has 1 rings (SSSR count). The van der Waals surface area contributed by atoms with Crippen molar-refractivity contribution in [1.29, 1.82) is 0 Å². The van der Waals surface area contributed by atoms with Gasteiger partial charge in [-0.2, -0.15) is 0 Å². The predicted molar refractivity (Wildman–Crippen MR) is 70.2 cm³/mol. The van der Waals surface area contributed by atoms with Crippen molar-refractivity contribution >= 4 is 28.2 Å². The lowest BCUT2D eigenvalue weighted by Gasteiger charge is -2.36. The normalized spacial score (nSPS) is 21.9. The van der Waals surface area contributed by atoms with Crippen molar-refractivity contribution in [1.82, 2.24) is 10.2 Å². The summed E-state index contributed by atoms with van der Waals surface area (Å²) in [6.45, 7) is 6.77. The average molecular weight is 285 g/mol. The van der Waals surface area contributed by atoms with Crippen LogP contribution in [-0.4, -0.2) is 55.9 Å². The van der Waals surface area contributed by atoms with Crippen molar-refractivity contribution < 1.29 is 13.2 Å². The number of nitrogens with one attached hydrogen (secondary N) is 1. The third-order valence-corrected chi connectivity index (χ3v) is 5.13. The molecule has 1 N–H and O–H groups in total. The summed E-state index contributed by atoms with van der Waals surface area (Å²) >= 11 is 0. The van der Waals surface area contributed by atoms with E-state index in [-0.39, 0.29) is 24.4 Å². The van der Waals surface area contributed by atoms with Crippen LogP contribution in [0, 0.1) is 0 Å². The Bertz CT molecular complexity index is 381. The highest BCUT2D eigenvalue weighted by molar-refractivity contribution is 7.92. The quantitative estimate of drug-likeness (QED) is 0.778. The van der Waals surface area contributed by atoms with Crippen LogP contribution in [0.3, 0.4) is 0 Å².